The molecule has 0 spiro atoms. The molecule has 0 saturated carbocycles. The second kappa shape index (κ2) is 5.74. The third-order valence-corrected chi connectivity index (χ3v) is 3.62. The van der Waals surface area contributed by atoms with Crippen LogP contribution in [0.2, 0.25) is 0 Å². The highest BCUT2D eigenvalue weighted by Gasteiger charge is 2.06. The molecule has 7 nitrogen and oxygen atoms in total. The van der Waals surface area contributed by atoms with Crippen LogP contribution in [0.4, 0.5) is 0 Å². The number of aromatic amines is 1. The van der Waals surface area contributed by atoms with Crippen molar-refractivity contribution in [3.63, 3.8) is 0 Å². The van der Waals surface area contributed by atoms with Gasteiger partial charge in [-0.25, -0.2) is 4.79 Å². The van der Waals surface area contributed by atoms with Crippen LogP contribution < -0.4 is 11.1 Å². The third kappa shape index (κ3) is 3.15. The van der Waals surface area contributed by atoms with E-state index in [4.69, 9.17) is 5.11 Å². The molecule has 0 unspecified atom stereocenters. The van der Waals surface area contributed by atoms with Crippen LogP contribution in [0.25, 0.3) is 0 Å². The van der Waals surface area contributed by atoms with Crippen molar-refractivity contribution in [1.29, 1.82) is 0 Å². The highest BCUT2D eigenvalue weighted by Crippen LogP contribution is 2.18. The maximum Gasteiger partial charge on any atom is 0.339 e. The van der Waals surface area contributed by atoms with Gasteiger partial charge in [0.05, 0.1) is 5.56 Å². The summed E-state index contributed by atoms with van der Waals surface area (Å²) in [6, 6.07) is 6.41. The summed E-state index contributed by atoms with van der Waals surface area (Å²) >= 11 is 1.27. The Labute approximate surface area is 117 Å². The van der Waals surface area contributed by atoms with Gasteiger partial charge >= 0.3 is 17.1 Å². The smallest absolute Gasteiger partial charge is 0.339 e. The summed E-state index contributed by atoms with van der Waals surface area (Å²) in [7, 11) is 1.59. The first-order chi connectivity index (χ1) is 9.47. The highest BCUT2D eigenvalue weighted by atomic mass is 32.2. The number of benzene rings is 1. The van der Waals surface area contributed by atoms with Gasteiger partial charge in [0, 0.05) is 12.8 Å². The van der Waals surface area contributed by atoms with Crippen molar-refractivity contribution in [3.8, 4) is 0 Å². The molecule has 20 heavy (non-hydrogen) atoms. The molecular formula is C12H11N3O4S. The fourth-order valence-corrected chi connectivity index (χ4v) is 2.36. The lowest BCUT2D eigenvalue weighted by Crippen LogP contribution is -2.33. The van der Waals surface area contributed by atoms with E-state index in [9.17, 15) is 14.4 Å². The largest absolute Gasteiger partial charge is 0.478 e. The number of aryl methyl sites for hydroxylation is 1. The second-order valence-electron chi connectivity index (χ2n) is 3.99. The van der Waals surface area contributed by atoms with E-state index in [2.05, 4.69) is 10.1 Å². The van der Waals surface area contributed by atoms with Crippen LogP contribution >= 0.6 is 11.8 Å². The van der Waals surface area contributed by atoms with Crippen LogP contribution in [0, 0.1) is 0 Å². The molecule has 8 heteroatoms. The van der Waals surface area contributed by atoms with E-state index in [1.165, 1.54) is 28.6 Å². The van der Waals surface area contributed by atoms with Gasteiger partial charge in [0.15, 0.2) is 5.16 Å². The summed E-state index contributed by atoms with van der Waals surface area (Å²) < 4.78 is 1.38. The van der Waals surface area contributed by atoms with E-state index in [0.717, 1.165) is 5.56 Å². The van der Waals surface area contributed by atoms with Crippen molar-refractivity contribution in [2.75, 3.05) is 0 Å². The SMILES string of the molecule is Cn1[nH]c(=O)c(=O)nc1SCc1ccc(C(=O)O)cc1. The first kappa shape index (κ1) is 14.1. The average molecular weight is 293 g/mol. The Morgan fingerprint density at radius 2 is 2.00 bits per heavy atom. The minimum atomic E-state index is -0.978. The van der Waals surface area contributed by atoms with Gasteiger partial charge in [-0.1, -0.05) is 23.9 Å². The number of thioether (sulfide) groups is 1. The standard InChI is InChI=1S/C12H11N3O4S/c1-15-12(13-9(16)10(17)14-15)20-6-7-2-4-8(5-3-7)11(18)19/h2-5H,6H2,1H3,(H,14,17)(H,18,19). The number of aromatic nitrogens is 3. The number of hydrogen-bond donors (Lipinski definition) is 2. The Hall–Kier alpha value is -2.35. The van der Waals surface area contributed by atoms with E-state index in [-0.39, 0.29) is 5.56 Å². The third-order valence-electron chi connectivity index (χ3n) is 2.52. The number of hydrogen-bond acceptors (Lipinski definition) is 5. The van der Waals surface area contributed by atoms with Gasteiger partial charge in [-0.15, -0.1) is 0 Å². The fourth-order valence-electron chi connectivity index (χ4n) is 1.48. The Morgan fingerprint density at radius 1 is 1.35 bits per heavy atom. The van der Waals surface area contributed by atoms with Gasteiger partial charge < -0.3 is 5.11 Å². The predicted molar refractivity (Wildman–Crippen MR) is 73.1 cm³/mol. The molecule has 2 rings (SSSR count). The Morgan fingerprint density at radius 3 is 2.60 bits per heavy atom. The highest BCUT2D eigenvalue weighted by molar-refractivity contribution is 7.98. The summed E-state index contributed by atoms with van der Waals surface area (Å²) in [5, 5.41) is 11.5. The lowest BCUT2D eigenvalue weighted by molar-refractivity contribution is 0.0697. The molecule has 0 saturated heterocycles. The molecule has 1 heterocycles. The second-order valence-corrected chi connectivity index (χ2v) is 4.93. The Bertz CT molecular complexity index is 749. The van der Waals surface area contributed by atoms with Crippen molar-refractivity contribution < 1.29 is 9.90 Å². The van der Waals surface area contributed by atoms with Crippen molar-refractivity contribution in [2.45, 2.75) is 10.9 Å². The van der Waals surface area contributed by atoms with Gasteiger partial charge in [-0.05, 0) is 17.7 Å². The van der Waals surface area contributed by atoms with E-state index >= 15 is 0 Å². The van der Waals surface area contributed by atoms with Crippen molar-refractivity contribution in [1.82, 2.24) is 14.8 Å². The first-order valence-electron chi connectivity index (χ1n) is 5.60. The fraction of sp³-hybridized carbons (Fsp3) is 0.167. The van der Waals surface area contributed by atoms with Gasteiger partial charge in [0.25, 0.3) is 0 Å². The zero-order chi connectivity index (χ0) is 14.7. The molecule has 1 aromatic heterocycles. The number of carbonyl (C=O) groups is 1. The zero-order valence-electron chi connectivity index (χ0n) is 10.5. The molecule has 2 aromatic rings. The van der Waals surface area contributed by atoms with Crippen LogP contribution in [0.1, 0.15) is 15.9 Å². The molecule has 0 aliphatic carbocycles. The van der Waals surface area contributed by atoms with Crippen LogP contribution in [-0.4, -0.2) is 25.8 Å². The summed E-state index contributed by atoms with van der Waals surface area (Å²) in [5.74, 6) is -0.472. The van der Waals surface area contributed by atoms with Crippen molar-refractivity contribution in [3.05, 3.63) is 56.1 Å². The van der Waals surface area contributed by atoms with E-state index in [1.807, 2.05) is 0 Å². The summed E-state index contributed by atoms with van der Waals surface area (Å²) in [6.45, 7) is 0. The number of carboxylic acid groups (broad SMARTS) is 1. The molecular weight excluding hydrogens is 282 g/mol. The van der Waals surface area contributed by atoms with Crippen LogP contribution in [0.15, 0.2) is 39.0 Å². The summed E-state index contributed by atoms with van der Waals surface area (Å²) in [6.07, 6.45) is 0. The maximum absolute atomic E-state index is 11.2. The average Bonchev–Trinajstić information content (AvgIpc) is 2.42. The number of H-pyrrole nitrogens is 1. The topological polar surface area (TPSA) is 105 Å². The van der Waals surface area contributed by atoms with E-state index in [1.54, 1.807) is 19.2 Å². The number of aromatic carboxylic acids is 1. The van der Waals surface area contributed by atoms with Crippen LogP contribution in [-0.2, 0) is 12.8 Å². The minimum absolute atomic E-state index is 0.216. The monoisotopic (exact) mass is 293 g/mol. The number of rotatable bonds is 4. The molecule has 0 aliphatic heterocycles. The van der Waals surface area contributed by atoms with Crippen LogP contribution in [0.3, 0.4) is 0 Å². The molecule has 2 N–H and O–H groups in total. The molecule has 0 amide bonds. The Kier molecular flexibility index (Phi) is 4.04. The molecule has 0 aliphatic rings. The molecule has 0 radical (unpaired) electrons. The maximum atomic E-state index is 11.2. The van der Waals surface area contributed by atoms with Gasteiger partial charge in [0.1, 0.15) is 0 Å². The summed E-state index contributed by atoms with van der Waals surface area (Å²) in [4.78, 5) is 36.6. The normalized spacial score (nSPS) is 10.4. The van der Waals surface area contributed by atoms with E-state index < -0.39 is 17.1 Å². The number of nitrogens with zero attached hydrogens (tertiary/aromatic N) is 2. The van der Waals surface area contributed by atoms with Crippen molar-refractivity contribution >= 4 is 17.7 Å². The minimum Gasteiger partial charge on any atom is -0.478 e. The van der Waals surface area contributed by atoms with Gasteiger partial charge in [-0.2, -0.15) is 4.98 Å². The molecule has 1 aromatic carbocycles. The predicted octanol–water partition coefficient (Wildman–Crippen LogP) is 0.459. The molecule has 0 bridgehead atoms. The quantitative estimate of drug-likeness (QED) is 0.626. The Balaban J connectivity index is 2.13. The summed E-state index contributed by atoms with van der Waals surface area (Å²) in [5.41, 5.74) is -0.483. The first-order valence-corrected chi connectivity index (χ1v) is 6.58. The number of carboxylic acids is 1. The van der Waals surface area contributed by atoms with Crippen LogP contribution in [0.5, 0.6) is 0 Å². The molecule has 104 valence electrons. The lowest BCUT2D eigenvalue weighted by Gasteiger charge is -2.06. The molecule has 0 atom stereocenters. The molecule has 0 fully saturated rings. The number of nitrogens with one attached hydrogen (secondary N) is 1. The van der Waals surface area contributed by atoms with Crippen molar-refractivity contribution in [2.24, 2.45) is 7.05 Å². The van der Waals surface area contributed by atoms with Gasteiger partial charge in [0.2, 0.25) is 0 Å². The lowest BCUT2D eigenvalue weighted by atomic mass is 10.1. The van der Waals surface area contributed by atoms with E-state index in [0.29, 0.717) is 10.9 Å². The zero-order valence-corrected chi connectivity index (χ0v) is 11.3. The van der Waals surface area contributed by atoms with Gasteiger partial charge in [-0.3, -0.25) is 19.4 Å².